The SMILES string of the molecule is CC(C)CCCCCCCCCCCCCC(=O)OC(CC(=O)[O-])C[N+](C)(C)C. The average molecular weight is 414 g/mol. The minimum atomic E-state index is -1.17. The second-order valence-electron chi connectivity index (χ2n) is 9.98. The smallest absolute Gasteiger partial charge is 0.306 e. The van der Waals surface area contributed by atoms with Crippen LogP contribution in [0.3, 0.4) is 0 Å². The van der Waals surface area contributed by atoms with Gasteiger partial charge in [-0.3, -0.25) is 4.79 Å². The number of carbonyl (C=O) groups excluding carboxylic acids is 2. The van der Waals surface area contributed by atoms with Crippen LogP contribution in [-0.2, 0) is 14.3 Å². The van der Waals surface area contributed by atoms with Crippen LogP contribution in [0.1, 0.15) is 104 Å². The topological polar surface area (TPSA) is 66.4 Å². The molecule has 1 atom stereocenters. The van der Waals surface area contributed by atoms with Crippen LogP contribution in [0.4, 0.5) is 0 Å². The van der Waals surface area contributed by atoms with E-state index in [-0.39, 0.29) is 12.4 Å². The standard InChI is InChI=1S/C24H47NO4/c1-21(2)17-15-13-11-9-7-6-8-10-12-14-16-18-24(28)29-22(19-23(26)27)20-25(3,4)5/h21-22H,6-20H2,1-5H3. The Balaban J connectivity index is 3.61. The molecule has 0 aliphatic carbocycles. The number of quaternary nitrogens is 1. The number of unbranched alkanes of at least 4 members (excludes halogenated alkanes) is 10. The lowest BCUT2D eigenvalue weighted by Gasteiger charge is -2.29. The maximum absolute atomic E-state index is 12.0. The first kappa shape index (κ1) is 27.9. The molecule has 0 aromatic carbocycles. The molecule has 0 amide bonds. The van der Waals surface area contributed by atoms with Crippen molar-refractivity contribution in [3.63, 3.8) is 0 Å². The van der Waals surface area contributed by atoms with Crippen molar-refractivity contribution in [3.05, 3.63) is 0 Å². The monoisotopic (exact) mass is 413 g/mol. The third-order valence-electron chi connectivity index (χ3n) is 5.11. The lowest BCUT2D eigenvalue weighted by molar-refractivity contribution is -0.873. The molecule has 0 heterocycles. The molecule has 0 radical (unpaired) electrons. The number of hydrogen-bond acceptors (Lipinski definition) is 4. The highest BCUT2D eigenvalue weighted by Gasteiger charge is 2.22. The van der Waals surface area contributed by atoms with Gasteiger partial charge in [0.1, 0.15) is 6.54 Å². The molecule has 0 aliphatic rings. The molecule has 0 aromatic rings. The summed E-state index contributed by atoms with van der Waals surface area (Å²) in [6.45, 7) is 5.06. The summed E-state index contributed by atoms with van der Waals surface area (Å²) in [4.78, 5) is 22.9. The quantitative estimate of drug-likeness (QED) is 0.178. The van der Waals surface area contributed by atoms with Gasteiger partial charge in [-0.1, -0.05) is 84.5 Å². The van der Waals surface area contributed by atoms with E-state index in [1.807, 2.05) is 21.1 Å². The van der Waals surface area contributed by atoms with Crippen LogP contribution >= 0.6 is 0 Å². The van der Waals surface area contributed by atoms with Crippen molar-refractivity contribution in [2.24, 2.45) is 5.92 Å². The fraction of sp³-hybridized carbons (Fsp3) is 0.917. The number of carboxylic acids is 1. The third-order valence-corrected chi connectivity index (χ3v) is 5.11. The molecule has 0 rings (SSSR count). The fourth-order valence-corrected chi connectivity index (χ4v) is 3.60. The van der Waals surface area contributed by atoms with Crippen molar-refractivity contribution in [2.45, 2.75) is 110 Å². The van der Waals surface area contributed by atoms with Gasteiger partial charge in [0, 0.05) is 18.8 Å². The average Bonchev–Trinajstić information content (AvgIpc) is 2.56. The number of rotatable bonds is 19. The fourth-order valence-electron chi connectivity index (χ4n) is 3.60. The van der Waals surface area contributed by atoms with E-state index >= 15 is 0 Å². The molecule has 0 saturated carbocycles. The number of esters is 1. The molecule has 0 saturated heterocycles. The van der Waals surface area contributed by atoms with Crippen molar-refractivity contribution >= 4 is 11.9 Å². The lowest BCUT2D eigenvalue weighted by atomic mass is 10.0. The van der Waals surface area contributed by atoms with Crippen LogP contribution in [0.5, 0.6) is 0 Å². The van der Waals surface area contributed by atoms with E-state index in [0.29, 0.717) is 17.4 Å². The van der Waals surface area contributed by atoms with Crippen LogP contribution in [-0.4, -0.2) is 50.2 Å². The Hall–Kier alpha value is -1.10. The number of carbonyl (C=O) groups is 2. The summed E-state index contributed by atoms with van der Waals surface area (Å²) in [6, 6.07) is 0. The number of likely N-dealkylation sites (N-methyl/N-ethyl adjacent to an activating group) is 1. The molecule has 0 N–H and O–H groups in total. The van der Waals surface area contributed by atoms with E-state index in [1.165, 1.54) is 57.8 Å². The molecule has 1 unspecified atom stereocenters. The Morgan fingerprint density at radius 1 is 0.793 bits per heavy atom. The predicted molar refractivity (Wildman–Crippen MR) is 117 cm³/mol. The minimum absolute atomic E-state index is 0.237. The summed E-state index contributed by atoms with van der Waals surface area (Å²) in [6.07, 6.45) is 14.6. The molecule has 29 heavy (non-hydrogen) atoms. The van der Waals surface area contributed by atoms with Crippen LogP contribution < -0.4 is 5.11 Å². The van der Waals surface area contributed by atoms with Gasteiger partial charge >= 0.3 is 5.97 Å². The largest absolute Gasteiger partial charge is 0.550 e. The highest BCUT2D eigenvalue weighted by molar-refractivity contribution is 5.70. The summed E-state index contributed by atoms with van der Waals surface area (Å²) in [5.74, 6) is -0.628. The Morgan fingerprint density at radius 3 is 1.66 bits per heavy atom. The molecule has 0 spiro atoms. The number of hydrogen-bond donors (Lipinski definition) is 0. The van der Waals surface area contributed by atoms with E-state index < -0.39 is 12.1 Å². The Kier molecular flexibility index (Phi) is 16.0. The summed E-state index contributed by atoms with van der Waals surface area (Å²) in [7, 11) is 5.84. The molecule has 0 bridgehead atoms. The van der Waals surface area contributed by atoms with Crippen molar-refractivity contribution in [1.82, 2.24) is 0 Å². The zero-order valence-corrected chi connectivity index (χ0v) is 19.8. The molecule has 0 aromatic heterocycles. The predicted octanol–water partition coefficient (Wildman–Crippen LogP) is 4.47. The van der Waals surface area contributed by atoms with Gasteiger partial charge < -0.3 is 19.1 Å². The lowest BCUT2D eigenvalue weighted by Crippen LogP contribution is -2.45. The van der Waals surface area contributed by atoms with Crippen molar-refractivity contribution in [2.75, 3.05) is 27.7 Å². The van der Waals surface area contributed by atoms with Crippen LogP contribution in [0.25, 0.3) is 0 Å². The molecule has 5 heteroatoms. The number of nitrogens with zero attached hydrogens (tertiary/aromatic N) is 1. The zero-order valence-electron chi connectivity index (χ0n) is 19.8. The van der Waals surface area contributed by atoms with Gasteiger partial charge in [-0.05, 0) is 12.3 Å². The zero-order chi connectivity index (χ0) is 22.1. The molecular formula is C24H47NO4. The third kappa shape index (κ3) is 21.4. The first-order valence-corrected chi connectivity index (χ1v) is 11.8. The summed E-state index contributed by atoms with van der Waals surface area (Å²) in [5, 5.41) is 10.9. The van der Waals surface area contributed by atoms with Crippen LogP contribution in [0, 0.1) is 5.92 Å². The van der Waals surface area contributed by atoms with E-state index in [4.69, 9.17) is 4.74 Å². The van der Waals surface area contributed by atoms with E-state index in [2.05, 4.69) is 13.8 Å². The summed E-state index contributed by atoms with van der Waals surface area (Å²) < 4.78 is 5.92. The van der Waals surface area contributed by atoms with E-state index in [1.54, 1.807) is 0 Å². The van der Waals surface area contributed by atoms with Gasteiger partial charge in [0.05, 0.1) is 21.1 Å². The Morgan fingerprint density at radius 2 is 1.24 bits per heavy atom. The van der Waals surface area contributed by atoms with Crippen molar-refractivity contribution < 1.29 is 23.9 Å². The van der Waals surface area contributed by atoms with Crippen LogP contribution in [0.2, 0.25) is 0 Å². The molecular weight excluding hydrogens is 366 g/mol. The first-order chi connectivity index (χ1) is 13.6. The molecule has 0 aliphatic heterocycles. The Bertz CT molecular complexity index is 429. The van der Waals surface area contributed by atoms with Gasteiger partial charge in [-0.25, -0.2) is 0 Å². The highest BCUT2D eigenvalue weighted by atomic mass is 16.5. The van der Waals surface area contributed by atoms with Gasteiger partial charge in [0.2, 0.25) is 0 Å². The van der Waals surface area contributed by atoms with Crippen molar-refractivity contribution in [3.8, 4) is 0 Å². The second-order valence-corrected chi connectivity index (χ2v) is 9.98. The molecule has 172 valence electrons. The van der Waals surface area contributed by atoms with Gasteiger partial charge in [-0.2, -0.15) is 0 Å². The van der Waals surface area contributed by atoms with Gasteiger partial charge in [0.15, 0.2) is 6.10 Å². The van der Waals surface area contributed by atoms with Gasteiger partial charge in [-0.15, -0.1) is 0 Å². The molecule has 0 fully saturated rings. The minimum Gasteiger partial charge on any atom is -0.550 e. The van der Waals surface area contributed by atoms with Crippen molar-refractivity contribution in [1.29, 1.82) is 0 Å². The Labute approximate surface area is 179 Å². The summed E-state index contributed by atoms with van der Waals surface area (Å²) >= 11 is 0. The summed E-state index contributed by atoms with van der Waals surface area (Å²) in [5.41, 5.74) is 0. The normalized spacial score (nSPS) is 12.9. The maximum atomic E-state index is 12.0. The first-order valence-electron chi connectivity index (χ1n) is 11.8. The number of aliphatic carboxylic acids is 1. The van der Waals surface area contributed by atoms with E-state index in [0.717, 1.165) is 25.2 Å². The number of ether oxygens (including phenoxy) is 1. The van der Waals surface area contributed by atoms with Crippen LogP contribution in [0.15, 0.2) is 0 Å². The molecule has 5 nitrogen and oxygen atoms in total. The van der Waals surface area contributed by atoms with E-state index in [9.17, 15) is 14.7 Å². The second kappa shape index (κ2) is 16.7. The maximum Gasteiger partial charge on any atom is 0.306 e. The van der Waals surface area contributed by atoms with Gasteiger partial charge in [0.25, 0.3) is 0 Å². The highest BCUT2D eigenvalue weighted by Crippen LogP contribution is 2.14. The number of carboxylic acid groups (broad SMARTS) is 1.